The summed E-state index contributed by atoms with van der Waals surface area (Å²) in [5, 5.41) is 2.91. The third-order valence-electron chi connectivity index (χ3n) is 4.49. The van der Waals surface area contributed by atoms with Gasteiger partial charge < -0.3 is 10.2 Å². The monoisotopic (exact) mass is 290 g/mol. The van der Waals surface area contributed by atoms with Gasteiger partial charge >= 0.3 is 0 Å². The normalized spacial score (nSPS) is 21.5. The summed E-state index contributed by atoms with van der Waals surface area (Å²) in [6.07, 6.45) is 4.37. The summed E-state index contributed by atoms with van der Waals surface area (Å²) in [4.78, 5) is 26.5. The molecule has 1 N–H and O–H groups in total. The van der Waals surface area contributed by atoms with Crippen molar-refractivity contribution in [2.24, 2.45) is 0 Å². The maximum absolute atomic E-state index is 13.3. The van der Waals surface area contributed by atoms with Crippen LogP contribution in [0.4, 0.5) is 10.1 Å². The number of halogens is 1. The molecule has 1 heterocycles. The molecule has 2 fully saturated rings. The van der Waals surface area contributed by atoms with Crippen LogP contribution in [0.15, 0.2) is 18.2 Å². The molecule has 1 saturated carbocycles. The van der Waals surface area contributed by atoms with Crippen molar-refractivity contribution in [3.63, 3.8) is 0 Å². The van der Waals surface area contributed by atoms with Crippen molar-refractivity contribution in [1.29, 1.82) is 0 Å². The number of piperazine rings is 1. The van der Waals surface area contributed by atoms with Crippen LogP contribution in [0.2, 0.25) is 0 Å². The van der Waals surface area contributed by atoms with Crippen molar-refractivity contribution in [1.82, 2.24) is 5.32 Å². The van der Waals surface area contributed by atoms with Crippen molar-refractivity contribution in [3.05, 3.63) is 29.6 Å². The van der Waals surface area contributed by atoms with E-state index in [2.05, 4.69) is 5.32 Å². The number of amides is 2. The van der Waals surface area contributed by atoms with E-state index in [1.165, 1.54) is 17.0 Å². The number of aryl methyl sites for hydroxylation is 1. The fourth-order valence-corrected chi connectivity index (χ4v) is 3.44. The van der Waals surface area contributed by atoms with E-state index in [1.807, 2.05) is 0 Å². The van der Waals surface area contributed by atoms with Gasteiger partial charge in [-0.25, -0.2) is 4.39 Å². The van der Waals surface area contributed by atoms with Crippen molar-refractivity contribution in [2.45, 2.75) is 44.6 Å². The Hall–Kier alpha value is -1.91. The molecule has 0 bridgehead atoms. The van der Waals surface area contributed by atoms with E-state index in [-0.39, 0.29) is 24.2 Å². The summed E-state index contributed by atoms with van der Waals surface area (Å²) in [6, 6.07) is 4.30. The SMILES string of the molecule is Cc1cc(F)ccc1N1CC(=O)NC2(CCCCC2)C1=O. The Morgan fingerprint density at radius 1 is 1.19 bits per heavy atom. The lowest BCUT2D eigenvalue weighted by molar-refractivity contribution is -0.137. The number of hydrogen-bond donors (Lipinski definition) is 1. The van der Waals surface area contributed by atoms with Gasteiger partial charge in [-0.1, -0.05) is 19.3 Å². The van der Waals surface area contributed by atoms with E-state index in [4.69, 9.17) is 0 Å². The largest absolute Gasteiger partial charge is 0.340 e. The second-order valence-corrected chi connectivity index (χ2v) is 6.01. The average Bonchev–Trinajstić information content (AvgIpc) is 2.44. The molecule has 0 aromatic heterocycles. The van der Waals surface area contributed by atoms with Gasteiger partial charge in [0.25, 0.3) is 5.91 Å². The third kappa shape index (κ3) is 2.41. The van der Waals surface area contributed by atoms with Gasteiger partial charge in [-0.05, 0) is 43.5 Å². The highest BCUT2D eigenvalue weighted by molar-refractivity contribution is 6.09. The molecule has 1 aliphatic carbocycles. The molecule has 0 unspecified atom stereocenters. The lowest BCUT2D eigenvalue weighted by Crippen LogP contribution is -2.67. The number of nitrogens with one attached hydrogen (secondary N) is 1. The lowest BCUT2D eigenvalue weighted by Gasteiger charge is -2.44. The number of benzene rings is 1. The molecule has 2 aliphatic rings. The van der Waals surface area contributed by atoms with E-state index in [9.17, 15) is 14.0 Å². The smallest absolute Gasteiger partial charge is 0.253 e. The molecule has 112 valence electrons. The molecule has 0 radical (unpaired) electrons. The molecule has 5 heteroatoms. The van der Waals surface area contributed by atoms with E-state index >= 15 is 0 Å². The van der Waals surface area contributed by atoms with E-state index < -0.39 is 5.54 Å². The minimum absolute atomic E-state index is 0.00700. The highest BCUT2D eigenvalue weighted by Crippen LogP contribution is 2.34. The molecular formula is C16H19FN2O2. The van der Waals surface area contributed by atoms with Gasteiger partial charge in [0, 0.05) is 5.69 Å². The Morgan fingerprint density at radius 3 is 2.57 bits per heavy atom. The van der Waals surface area contributed by atoms with Gasteiger partial charge in [0.1, 0.15) is 17.9 Å². The first-order valence-corrected chi connectivity index (χ1v) is 7.41. The van der Waals surface area contributed by atoms with Crippen LogP contribution in [0.5, 0.6) is 0 Å². The van der Waals surface area contributed by atoms with Crippen LogP contribution in [0.3, 0.4) is 0 Å². The minimum atomic E-state index is -0.756. The van der Waals surface area contributed by atoms with Crippen molar-refractivity contribution in [2.75, 3.05) is 11.4 Å². The summed E-state index contributed by atoms with van der Waals surface area (Å²) in [7, 11) is 0. The van der Waals surface area contributed by atoms with Crippen LogP contribution in [-0.4, -0.2) is 23.9 Å². The highest BCUT2D eigenvalue weighted by atomic mass is 19.1. The Kier molecular flexibility index (Phi) is 3.43. The second kappa shape index (κ2) is 5.13. The van der Waals surface area contributed by atoms with E-state index in [0.717, 1.165) is 19.3 Å². The van der Waals surface area contributed by atoms with Crippen LogP contribution < -0.4 is 10.2 Å². The van der Waals surface area contributed by atoms with Crippen LogP contribution in [0, 0.1) is 12.7 Å². The molecule has 1 aromatic carbocycles. The zero-order valence-electron chi connectivity index (χ0n) is 12.1. The molecule has 1 saturated heterocycles. The quantitative estimate of drug-likeness (QED) is 0.863. The van der Waals surface area contributed by atoms with Gasteiger partial charge in [0.2, 0.25) is 5.91 Å². The van der Waals surface area contributed by atoms with E-state index in [0.29, 0.717) is 24.1 Å². The zero-order valence-corrected chi connectivity index (χ0v) is 12.1. The maximum atomic E-state index is 13.3. The topological polar surface area (TPSA) is 49.4 Å². The molecule has 4 nitrogen and oxygen atoms in total. The number of carbonyl (C=O) groups excluding carboxylic acids is 2. The summed E-state index contributed by atoms with van der Waals surface area (Å²) in [6.45, 7) is 1.76. The Balaban J connectivity index is 1.97. The zero-order chi connectivity index (χ0) is 15.0. The van der Waals surface area contributed by atoms with Crippen molar-refractivity contribution >= 4 is 17.5 Å². The number of rotatable bonds is 1. The van der Waals surface area contributed by atoms with Gasteiger partial charge in [0.05, 0.1) is 0 Å². The Labute approximate surface area is 123 Å². The number of anilines is 1. The van der Waals surface area contributed by atoms with Crippen LogP contribution in [-0.2, 0) is 9.59 Å². The second-order valence-electron chi connectivity index (χ2n) is 6.01. The fraction of sp³-hybridized carbons (Fsp3) is 0.500. The van der Waals surface area contributed by atoms with Crippen LogP contribution in [0.25, 0.3) is 0 Å². The molecule has 21 heavy (non-hydrogen) atoms. The summed E-state index contributed by atoms with van der Waals surface area (Å²) >= 11 is 0. The van der Waals surface area contributed by atoms with Crippen LogP contribution >= 0.6 is 0 Å². The average molecular weight is 290 g/mol. The van der Waals surface area contributed by atoms with Crippen molar-refractivity contribution in [3.8, 4) is 0 Å². The fourth-order valence-electron chi connectivity index (χ4n) is 3.44. The maximum Gasteiger partial charge on any atom is 0.253 e. The lowest BCUT2D eigenvalue weighted by atomic mass is 9.79. The number of hydrogen-bond acceptors (Lipinski definition) is 2. The predicted octanol–water partition coefficient (Wildman–Crippen LogP) is 2.30. The number of carbonyl (C=O) groups is 2. The van der Waals surface area contributed by atoms with Gasteiger partial charge in [-0.2, -0.15) is 0 Å². The van der Waals surface area contributed by atoms with Gasteiger partial charge in [-0.3, -0.25) is 9.59 Å². The molecule has 0 atom stereocenters. The Bertz CT molecular complexity index is 594. The first-order chi connectivity index (χ1) is 10.0. The standard InChI is InChI=1S/C16H19FN2O2/c1-11-9-12(17)5-6-13(11)19-10-14(20)18-16(15(19)21)7-3-2-4-8-16/h5-6,9H,2-4,7-8,10H2,1H3,(H,18,20). The Morgan fingerprint density at radius 2 is 1.90 bits per heavy atom. The summed E-state index contributed by atoms with van der Waals surface area (Å²) < 4.78 is 13.3. The highest BCUT2D eigenvalue weighted by Gasteiger charge is 2.47. The van der Waals surface area contributed by atoms with Gasteiger partial charge in [0.15, 0.2) is 0 Å². The molecule has 1 spiro atoms. The van der Waals surface area contributed by atoms with Crippen molar-refractivity contribution < 1.29 is 14.0 Å². The minimum Gasteiger partial charge on any atom is -0.340 e. The first-order valence-electron chi connectivity index (χ1n) is 7.41. The summed E-state index contributed by atoms with van der Waals surface area (Å²) in [5.41, 5.74) is 0.541. The molecule has 1 aromatic rings. The van der Waals surface area contributed by atoms with E-state index in [1.54, 1.807) is 13.0 Å². The van der Waals surface area contributed by atoms with Gasteiger partial charge in [-0.15, -0.1) is 0 Å². The summed E-state index contributed by atoms with van der Waals surface area (Å²) in [5.74, 6) is -0.533. The van der Waals surface area contributed by atoms with Crippen LogP contribution in [0.1, 0.15) is 37.7 Å². The molecular weight excluding hydrogens is 271 g/mol. The third-order valence-corrected chi connectivity index (χ3v) is 4.49. The number of nitrogens with zero attached hydrogens (tertiary/aromatic N) is 1. The molecule has 3 rings (SSSR count). The molecule has 1 aliphatic heterocycles. The predicted molar refractivity (Wildman–Crippen MR) is 77.4 cm³/mol. The first kappa shape index (κ1) is 14.0. The molecule has 2 amide bonds.